The molecule has 0 saturated carbocycles. The summed E-state index contributed by atoms with van der Waals surface area (Å²) in [4.78, 5) is 42.6. The quantitative estimate of drug-likeness (QED) is 0.227. The van der Waals surface area contributed by atoms with Gasteiger partial charge in [-0.15, -0.1) is 6.42 Å². The summed E-state index contributed by atoms with van der Waals surface area (Å²) in [7, 11) is 1.75. The number of ether oxygens (including phenoxy) is 3. The highest BCUT2D eigenvalue weighted by Crippen LogP contribution is 2.43. The number of anilines is 2. The number of carbonyl (C=O) groups is 2. The van der Waals surface area contributed by atoms with Gasteiger partial charge >= 0.3 is 12.1 Å². The van der Waals surface area contributed by atoms with Crippen molar-refractivity contribution >= 4 is 34.3 Å². The summed E-state index contributed by atoms with van der Waals surface area (Å²) < 4.78 is 48.1. The Balaban J connectivity index is 1.28. The third-order valence-corrected chi connectivity index (χ3v) is 11.2. The van der Waals surface area contributed by atoms with E-state index in [2.05, 4.69) is 17.5 Å². The van der Waals surface area contributed by atoms with Crippen LogP contribution >= 0.6 is 0 Å². The minimum Gasteiger partial charge on any atom is -0.508 e. The standard InChI is InChI=1S/C39H44F2N6O7/c1-5-29-30(41)10-9-24-16-28(49)17-32(34(24)29)46-21-31-35(54-38(46)51)36(44(4)20-27-8-7-13-45(27)33(50)6-2)43-37(42-31)53-22-39(23(3)48)18-25(40)19-47(39)26-11-14-52-15-12-26/h1,6,9-10,16-17,23,25-27,48-49H,2,7-8,11-15,18-22H2,3-4H3/t23-,25+,27-,39-/m0/s1. The Bertz CT molecular complexity index is 2000. The summed E-state index contributed by atoms with van der Waals surface area (Å²) in [6.45, 7) is 7.02. The van der Waals surface area contributed by atoms with Gasteiger partial charge in [0.15, 0.2) is 11.6 Å². The first-order chi connectivity index (χ1) is 25.9. The number of amides is 2. The number of nitrogens with zero attached hydrogens (tertiary/aromatic N) is 6. The van der Waals surface area contributed by atoms with Crippen molar-refractivity contribution in [1.82, 2.24) is 19.8 Å². The lowest BCUT2D eigenvalue weighted by atomic mass is 9.88. The van der Waals surface area contributed by atoms with Crippen LogP contribution in [0.5, 0.6) is 17.5 Å². The van der Waals surface area contributed by atoms with Crippen molar-refractivity contribution in [3.05, 3.63) is 54.0 Å². The lowest BCUT2D eigenvalue weighted by Gasteiger charge is -2.45. The number of aromatic hydroxyl groups is 1. The summed E-state index contributed by atoms with van der Waals surface area (Å²) in [6.07, 6.45) is 6.94. The molecule has 4 atom stereocenters. The first-order valence-electron chi connectivity index (χ1n) is 18.2. The molecule has 13 nitrogen and oxygen atoms in total. The van der Waals surface area contributed by atoms with E-state index in [9.17, 15) is 24.2 Å². The maximum atomic E-state index is 15.3. The number of phenols is 1. The first-order valence-corrected chi connectivity index (χ1v) is 18.2. The summed E-state index contributed by atoms with van der Waals surface area (Å²) in [5, 5.41) is 22.5. The molecular weight excluding hydrogens is 702 g/mol. The number of rotatable bonds is 10. The van der Waals surface area contributed by atoms with Gasteiger partial charge in [-0.25, -0.2) is 13.6 Å². The highest BCUT2D eigenvalue weighted by molar-refractivity contribution is 6.06. The number of carbonyl (C=O) groups excluding carboxylic acids is 2. The Morgan fingerprint density at radius 1 is 1.28 bits per heavy atom. The van der Waals surface area contributed by atoms with Gasteiger partial charge in [-0.3, -0.25) is 14.6 Å². The van der Waals surface area contributed by atoms with Crippen LogP contribution in [0.3, 0.4) is 0 Å². The minimum atomic E-state index is -1.19. The summed E-state index contributed by atoms with van der Waals surface area (Å²) in [5.41, 5.74) is -0.849. The van der Waals surface area contributed by atoms with E-state index in [4.69, 9.17) is 25.6 Å². The Hall–Kier alpha value is -5.04. The molecule has 7 rings (SSSR count). The van der Waals surface area contributed by atoms with Crippen LogP contribution in [-0.2, 0) is 16.1 Å². The number of fused-ring (bicyclic) bond motifs is 2. The second-order valence-electron chi connectivity index (χ2n) is 14.5. The Labute approximate surface area is 312 Å². The number of aliphatic hydroxyl groups excluding tert-OH is 1. The van der Waals surface area contributed by atoms with Crippen molar-refractivity contribution in [1.29, 1.82) is 0 Å². The number of likely N-dealkylation sites (N-methyl/N-ethyl adjacent to an activating group) is 1. The molecular formula is C39H44F2N6O7. The zero-order valence-corrected chi connectivity index (χ0v) is 30.3. The first kappa shape index (κ1) is 37.3. The molecule has 2 N–H and O–H groups in total. The van der Waals surface area contributed by atoms with Gasteiger partial charge < -0.3 is 34.2 Å². The summed E-state index contributed by atoms with van der Waals surface area (Å²) >= 11 is 0. The number of hydrogen-bond donors (Lipinski definition) is 2. The van der Waals surface area contributed by atoms with Gasteiger partial charge in [-0.2, -0.15) is 9.97 Å². The van der Waals surface area contributed by atoms with Crippen LogP contribution < -0.4 is 19.3 Å². The lowest BCUT2D eigenvalue weighted by molar-refractivity contribution is -0.126. The molecule has 3 fully saturated rings. The monoisotopic (exact) mass is 746 g/mol. The highest BCUT2D eigenvalue weighted by atomic mass is 19.1. The number of benzene rings is 2. The number of terminal acetylenes is 1. The van der Waals surface area contributed by atoms with Crippen LogP contribution in [0.4, 0.5) is 25.1 Å². The predicted molar refractivity (Wildman–Crippen MR) is 196 cm³/mol. The molecule has 4 aliphatic rings. The van der Waals surface area contributed by atoms with Crippen molar-refractivity contribution in [2.75, 3.05) is 56.3 Å². The number of aromatic nitrogens is 2. The van der Waals surface area contributed by atoms with Crippen molar-refractivity contribution in [3.63, 3.8) is 0 Å². The summed E-state index contributed by atoms with van der Waals surface area (Å²) in [6, 6.07) is 5.05. The third kappa shape index (κ3) is 6.78. The number of aliphatic hydroxyl groups is 1. The molecule has 0 aliphatic carbocycles. The largest absolute Gasteiger partial charge is 0.508 e. The normalized spacial score (nSPS) is 23.9. The second-order valence-corrected chi connectivity index (χ2v) is 14.5. The van der Waals surface area contributed by atoms with Gasteiger partial charge in [0.25, 0.3) is 0 Å². The molecule has 0 bridgehead atoms. The molecule has 2 aromatic carbocycles. The Morgan fingerprint density at radius 2 is 2.06 bits per heavy atom. The predicted octanol–water partition coefficient (Wildman–Crippen LogP) is 4.31. The maximum Gasteiger partial charge on any atom is 0.420 e. The van der Waals surface area contributed by atoms with E-state index >= 15 is 4.39 Å². The zero-order valence-electron chi connectivity index (χ0n) is 30.3. The molecule has 286 valence electrons. The molecule has 2 amide bonds. The molecule has 3 aromatic rings. The van der Waals surface area contributed by atoms with E-state index in [0.29, 0.717) is 44.5 Å². The smallest absolute Gasteiger partial charge is 0.420 e. The van der Waals surface area contributed by atoms with E-state index in [1.54, 1.807) is 23.8 Å². The average Bonchev–Trinajstić information content (AvgIpc) is 3.77. The van der Waals surface area contributed by atoms with E-state index in [1.165, 1.54) is 35.2 Å². The fourth-order valence-electron chi connectivity index (χ4n) is 8.46. The van der Waals surface area contributed by atoms with Crippen LogP contribution in [0.1, 0.15) is 50.3 Å². The number of halogens is 2. The van der Waals surface area contributed by atoms with Gasteiger partial charge in [-0.1, -0.05) is 18.6 Å². The van der Waals surface area contributed by atoms with Gasteiger partial charge in [0.1, 0.15) is 30.0 Å². The van der Waals surface area contributed by atoms with Gasteiger partial charge in [0.05, 0.1) is 29.4 Å². The van der Waals surface area contributed by atoms with E-state index < -0.39 is 29.7 Å². The maximum absolute atomic E-state index is 15.3. The van der Waals surface area contributed by atoms with Gasteiger partial charge in [0.2, 0.25) is 5.91 Å². The van der Waals surface area contributed by atoms with Crippen LogP contribution in [0.15, 0.2) is 36.9 Å². The molecule has 4 aliphatic heterocycles. The number of phenolic OH excluding ortho intramolecular Hbond substituents is 1. The molecule has 15 heteroatoms. The Kier molecular flexibility index (Phi) is 10.4. The van der Waals surface area contributed by atoms with Crippen LogP contribution in [0, 0.1) is 18.2 Å². The van der Waals surface area contributed by atoms with E-state index in [1.807, 2.05) is 4.90 Å². The molecule has 0 radical (unpaired) electrons. The number of likely N-dealkylation sites (tertiary alicyclic amines) is 2. The fraction of sp³-hybridized carbons (Fsp3) is 0.487. The van der Waals surface area contributed by atoms with Crippen LogP contribution in [0.25, 0.3) is 10.8 Å². The van der Waals surface area contributed by atoms with Crippen LogP contribution in [0.2, 0.25) is 0 Å². The van der Waals surface area contributed by atoms with Crippen LogP contribution in [-0.4, -0.2) is 118 Å². The molecule has 54 heavy (non-hydrogen) atoms. The van der Waals surface area contributed by atoms with Crippen molar-refractivity contribution < 1.29 is 42.8 Å². The number of alkyl halides is 1. The second kappa shape index (κ2) is 15.0. The lowest BCUT2D eigenvalue weighted by Crippen LogP contribution is -2.60. The molecule has 1 aromatic heterocycles. The van der Waals surface area contributed by atoms with E-state index in [0.717, 1.165) is 12.8 Å². The van der Waals surface area contributed by atoms with Crippen molar-refractivity contribution in [3.8, 4) is 29.9 Å². The SMILES string of the molecule is C#Cc1c(F)ccc2cc(O)cc(N3Cc4nc(OC[C@]5([C@H](C)O)C[C@@H](F)CN5C5CCOCC5)nc(N(C)C[C@@H]5CCCN5C(=O)C=C)c4OC3=O)c12. The molecule has 0 spiro atoms. The zero-order chi connectivity index (χ0) is 38.3. The Morgan fingerprint density at radius 3 is 2.78 bits per heavy atom. The molecule has 5 heterocycles. The molecule has 0 unspecified atom stereocenters. The van der Waals surface area contributed by atoms with Gasteiger partial charge in [0, 0.05) is 69.9 Å². The summed E-state index contributed by atoms with van der Waals surface area (Å²) in [5.74, 6) is 1.57. The van der Waals surface area contributed by atoms with Crippen molar-refractivity contribution in [2.45, 2.75) is 75.5 Å². The number of hydrogen-bond acceptors (Lipinski definition) is 11. The topological polar surface area (TPSA) is 141 Å². The van der Waals surface area contributed by atoms with E-state index in [-0.39, 0.29) is 89.8 Å². The molecule has 3 saturated heterocycles. The van der Waals surface area contributed by atoms with Gasteiger partial charge in [-0.05, 0) is 56.2 Å². The fourth-order valence-corrected chi connectivity index (χ4v) is 8.46. The minimum absolute atomic E-state index is 0.0145. The average molecular weight is 747 g/mol. The third-order valence-electron chi connectivity index (χ3n) is 11.2. The highest BCUT2D eigenvalue weighted by Gasteiger charge is 2.53. The van der Waals surface area contributed by atoms with Crippen molar-refractivity contribution in [2.24, 2.45) is 0 Å².